The summed E-state index contributed by atoms with van der Waals surface area (Å²) in [5.74, 6) is 1.06. The Morgan fingerprint density at radius 1 is 1.14 bits per heavy atom. The zero-order valence-corrected chi connectivity index (χ0v) is 8.33. The lowest BCUT2D eigenvalue weighted by molar-refractivity contribution is 0.884. The number of aromatic nitrogens is 2. The quantitative estimate of drug-likeness (QED) is 0.783. The normalized spacial score (nSPS) is 10.4. The van der Waals surface area contributed by atoms with Crippen molar-refractivity contribution >= 4 is 0 Å². The number of nitrogens with zero attached hydrogens (tertiary/aromatic N) is 1. The first-order chi connectivity index (χ1) is 6.84. The first-order valence-corrected chi connectivity index (χ1v) is 4.88. The highest BCUT2D eigenvalue weighted by Gasteiger charge is 1.96. The van der Waals surface area contributed by atoms with Crippen molar-refractivity contribution in [3.8, 4) is 0 Å². The van der Waals surface area contributed by atoms with E-state index in [9.17, 15) is 0 Å². The fourth-order valence-electron chi connectivity index (χ4n) is 1.45. The molecule has 2 nitrogen and oxygen atoms in total. The zero-order valence-electron chi connectivity index (χ0n) is 8.33. The van der Waals surface area contributed by atoms with Crippen molar-refractivity contribution in [3.05, 3.63) is 53.6 Å². The van der Waals surface area contributed by atoms with Gasteiger partial charge in [-0.05, 0) is 18.9 Å². The van der Waals surface area contributed by atoms with Gasteiger partial charge in [0.15, 0.2) is 0 Å². The van der Waals surface area contributed by atoms with Crippen molar-refractivity contribution in [3.63, 3.8) is 0 Å². The molecule has 0 aliphatic carbocycles. The second-order valence-electron chi connectivity index (χ2n) is 3.52. The Bertz CT molecular complexity index is 373. The van der Waals surface area contributed by atoms with Gasteiger partial charge in [0.25, 0.3) is 0 Å². The summed E-state index contributed by atoms with van der Waals surface area (Å²) in [4.78, 5) is 7.30. The highest BCUT2D eigenvalue weighted by atomic mass is 14.9. The van der Waals surface area contributed by atoms with E-state index in [0.29, 0.717) is 0 Å². The molecule has 0 saturated carbocycles. The van der Waals surface area contributed by atoms with Crippen molar-refractivity contribution < 1.29 is 0 Å². The molecule has 0 aliphatic rings. The molecule has 14 heavy (non-hydrogen) atoms. The number of rotatable bonds is 3. The minimum atomic E-state index is 0.982. The van der Waals surface area contributed by atoms with Crippen LogP contribution in [0.1, 0.15) is 17.0 Å². The van der Waals surface area contributed by atoms with Crippen molar-refractivity contribution in [2.75, 3.05) is 0 Å². The van der Waals surface area contributed by atoms with Gasteiger partial charge in [0.2, 0.25) is 0 Å². The van der Waals surface area contributed by atoms with Crippen molar-refractivity contribution in [1.29, 1.82) is 0 Å². The van der Waals surface area contributed by atoms with Gasteiger partial charge in [-0.25, -0.2) is 4.98 Å². The summed E-state index contributed by atoms with van der Waals surface area (Å²) in [7, 11) is 0. The van der Waals surface area contributed by atoms with Gasteiger partial charge in [0.1, 0.15) is 5.82 Å². The monoisotopic (exact) mass is 186 g/mol. The van der Waals surface area contributed by atoms with Gasteiger partial charge in [0.05, 0.1) is 0 Å². The van der Waals surface area contributed by atoms with Gasteiger partial charge in [-0.3, -0.25) is 0 Å². The van der Waals surface area contributed by atoms with Gasteiger partial charge >= 0.3 is 0 Å². The van der Waals surface area contributed by atoms with Crippen LogP contribution in [-0.4, -0.2) is 9.97 Å². The van der Waals surface area contributed by atoms with Crippen LogP contribution in [0.3, 0.4) is 0 Å². The molecule has 0 atom stereocenters. The molecule has 2 rings (SSSR count). The Kier molecular flexibility index (Phi) is 2.63. The summed E-state index contributed by atoms with van der Waals surface area (Å²) in [5.41, 5.74) is 2.68. The van der Waals surface area contributed by atoms with Crippen LogP contribution in [0.5, 0.6) is 0 Å². The number of H-pyrrole nitrogens is 1. The number of hydrogen-bond acceptors (Lipinski definition) is 1. The molecular formula is C12H14N2. The van der Waals surface area contributed by atoms with Gasteiger partial charge in [-0.2, -0.15) is 0 Å². The van der Waals surface area contributed by atoms with E-state index in [-0.39, 0.29) is 0 Å². The maximum absolute atomic E-state index is 4.19. The predicted molar refractivity (Wildman–Crippen MR) is 57.2 cm³/mol. The molecule has 1 heterocycles. The summed E-state index contributed by atoms with van der Waals surface area (Å²) in [6.07, 6.45) is 5.69. The largest absolute Gasteiger partial charge is 0.349 e. The Hall–Kier alpha value is -1.57. The maximum Gasteiger partial charge on any atom is 0.106 e. The molecular weight excluding hydrogens is 172 g/mol. The van der Waals surface area contributed by atoms with Crippen LogP contribution >= 0.6 is 0 Å². The number of hydrogen-bond donors (Lipinski definition) is 1. The van der Waals surface area contributed by atoms with Crippen LogP contribution < -0.4 is 0 Å². The number of aryl methyl sites for hydroxylation is 3. The van der Waals surface area contributed by atoms with E-state index in [1.807, 2.05) is 6.20 Å². The average Bonchev–Trinajstić information content (AvgIpc) is 2.70. The van der Waals surface area contributed by atoms with Crippen molar-refractivity contribution in [2.24, 2.45) is 0 Å². The van der Waals surface area contributed by atoms with Crippen LogP contribution in [0, 0.1) is 6.92 Å². The number of nitrogens with one attached hydrogen (secondary N) is 1. The Balaban J connectivity index is 1.95. The van der Waals surface area contributed by atoms with Gasteiger partial charge < -0.3 is 4.98 Å². The molecule has 0 fully saturated rings. The second kappa shape index (κ2) is 4.09. The smallest absolute Gasteiger partial charge is 0.106 e. The van der Waals surface area contributed by atoms with E-state index >= 15 is 0 Å². The molecule has 1 aromatic heterocycles. The maximum atomic E-state index is 4.19. The van der Waals surface area contributed by atoms with Crippen LogP contribution in [0.4, 0.5) is 0 Å². The summed E-state index contributed by atoms with van der Waals surface area (Å²) in [6.45, 7) is 2.11. The average molecular weight is 186 g/mol. The molecule has 1 aromatic carbocycles. The van der Waals surface area contributed by atoms with Crippen molar-refractivity contribution in [1.82, 2.24) is 9.97 Å². The third kappa shape index (κ3) is 2.22. The van der Waals surface area contributed by atoms with E-state index in [0.717, 1.165) is 18.7 Å². The Morgan fingerprint density at radius 3 is 2.57 bits per heavy atom. The van der Waals surface area contributed by atoms with E-state index < -0.39 is 0 Å². The van der Waals surface area contributed by atoms with Crippen LogP contribution in [0.15, 0.2) is 36.7 Å². The van der Waals surface area contributed by atoms with Crippen LogP contribution in [-0.2, 0) is 12.8 Å². The first kappa shape index (κ1) is 9.00. The molecule has 0 saturated heterocycles. The van der Waals surface area contributed by atoms with E-state index in [4.69, 9.17) is 0 Å². The zero-order chi connectivity index (χ0) is 9.80. The molecule has 1 N–H and O–H groups in total. The SMILES string of the molecule is Cc1ccc(CCc2ncc[nH]2)cc1. The van der Waals surface area contributed by atoms with Crippen LogP contribution in [0.2, 0.25) is 0 Å². The standard InChI is InChI=1S/C12H14N2/c1-10-2-4-11(5-3-10)6-7-12-13-8-9-14-12/h2-5,8-9H,6-7H2,1H3,(H,13,14). The van der Waals surface area contributed by atoms with Gasteiger partial charge in [-0.15, -0.1) is 0 Å². The highest BCUT2D eigenvalue weighted by Crippen LogP contribution is 2.06. The third-order valence-electron chi connectivity index (χ3n) is 2.33. The summed E-state index contributed by atoms with van der Waals surface area (Å²) >= 11 is 0. The third-order valence-corrected chi connectivity index (χ3v) is 2.33. The number of imidazole rings is 1. The minimum absolute atomic E-state index is 0.982. The van der Waals surface area contributed by atoms with Gasteiger partial charge in [-0.1, -0.05) is 29.8 Å². The lowest BCUT2D eigenvalue weighted by Crippen LogP contribution is -1.93. The van der Waals surface area contributed by atoms with Crippen molar-refractivity contribution in [2.45, 2.75) is 19.8 Å². The van der Waals surface area contributed by atoms with Crippen LogP contribution in [0.25, 0.3) is 0 Å². The predicted octanol–water partition coefficient (Wildman–Crippen LogP) is 2.50. The molecule has 72 valence electrons. The fourth-order valence-corrected chi connectivity index (χ4v) is 1.45. The van der Waals surface area contributed by atoms with Gasteiger partial charge in [0, 0.05) is 18.8 Å². The molecule has 2 aromatic rings. The molecule has 0 unspecified atom stereocenters. The summed E-state index contributed by atoms with van der Waals surface area (Å²) < 4.78 is 0. The van der Waals surface area contributed by atoms with E-state index in [1.54, 1.807) is 6.20 Å². The molecule has 2 heteroatoms. The second-order valence-corrected chi connectivity index (χ2v) is 3.52. The summed E-state index contributed by atoms with van der Waals surface area (Å²) in [6, 6.07) is 8.66. The molecule has 0 bridgehead atoms. The number of aromatic amines is 1. The van der Waals surface area contributed by atoms with E-state index in [2.05, 4.69) is 41.2 Å². The topological polar surface area (TPSA) is 28.7 Å². The first-order valence-electron chi connectivity index (χ1n) is 4.88. The molecule has 0 radical (unpaired) electrons. The molecule has 0 amide bonds. The molecule has 0 aliphatic heterocycles. The Morgan fingerprint density at radius 2 is 1.93 bits per heavy atom. The van der Waals surface area contributed by atoms with E-state index in [1.165, 1.54) is 11.1 Å². The molecule has 0 spiro atoms. The lowest BCUT2D eigenvalue weighted by Gasteiger charge is -1.99. The highest BCUT2D eigenvalue weighted by molar-refractivity contribution is 5.21. The fraction of sp³-hybridized carbons (Fsp3) is 0.250. The minimum Gasteiger partial charge on any atom is -0.349 e. The summed E-state index contributed by atoms with van der Waals surface area (Å²) in [5, 5.41) is 0. The lowest BCUT2D eigenvalue weighted by atomic mass is 10.1. The Labute approximate surface area is 84.0 Å². The number of benzene rings is 1.